The van der Waals surface area contributed by atoms with Crippen LogP contribution < -0.4 is 10.1 Å². The monoisotopic (exact) mass is 458 g/mol. The molecular formula is C25H26N6O3. The molecule has 1 aliphatic rings. The van der Waals surface area contributed by atoms with Crippen molar-refractivity contribution >= 4 is 5.91 Å². The van der Waals surface area contributed by atoms with Gasteiger partial charge in [-0.1, -0.05) is 23.4 Å². The van der Waals surface area contributed by atoms with E-state index in [1.807, 2.05) is 73.1 Å². The fraction of sp³-hybridized carbons (Fsp3) is 0.280. The van der Waals surface area contributed by atoms with Crippen molar-refractivity contribution in [2.24, 2.45) is 0 Å². The number of hydrogen-bond acceptors (Lipinski definition) is 7. The number of piperazine rings is 1. The molecule has 1 N–H and O–H groups in total. The zero-order valence-corrected chi connectivity index (χ0v) is 19.4. The summed E-state index contributed by atoms with van der Waals surface area (Å²) in [6.45, 7) is 5.51. The summed E-state index contributed by atoms with van der Waals surface area (Å²) in [5.74, 6) is 1.66. The van der Waals surface area contributed by atoms with Crippen molar-refractivity contribution in [3.8, 4) is 22.8 Å². The fourth-order valence-electron chi connectivity index (χ4n) is 4.42. The number of carbonyl (C=O) groups excluding carboxylic acids is 1. The molecule has 2 aromatic heterocycles. The van der Waals surface area contributed by atoms with Crippen LogP contribution in [0.5, 0.6) is 5.75 Å². The molecule has 174 valence electrons. The molecule has 0 bridgehead atoms. The number of nitrogens with zero attached hydrogens (tertiary/aromatic N) is 5. The summed E-state index contributed by atoms with van der Waals surface area (Å²) in [6, 6.07) is 16.9. The van der Waals surface area contributed by atoms with Crippen LogP contribution in [0.4, 0.5) is 0 Å². The molecule has 1 unspecified atom stereocenters. The summed E-state index contributed by atoms with van der Waals surface area (Å²) in [5.41, 5.74) is 4.44. The zero-order chi connectivity index (χ0) is 23.7. The van der Waals surface area contributed by atoms with Gasteiger partial charge in [-0.2, -0.15) is 10.1 Å². The minimum absolute atomic E-state index is 0.0556. The topological polar surface area (TPSA) is 98.3 Å². The van der Waals surface area contributed by atoms with E-state index in [1.165, 1.54) is 0 Å². The van der Waals surface area contributed by atoms with E-state index in [2.05, 4.69) is 20.4 Å². The Labute approximate surface area is 197 Å². The fourth-order valence-corrected chi connectivity index (χ4v) is 4.42. The lowest BCUT2D eigenvalue weighted by Gasteiger charge is -2.34. The minimum Gasteiger partial charge on any atom is -0.497 e. The second kappa shape index (κ2) is 9.11. The molecule has 3 heterocycles. The van der Waals surface area contributed by atoms with Gasteiger partial charge in [-0.25, -0.2) is 4.68 Å². The first-order valence-corrected chi connectivity index (χ1v) is 11.2. The molecule has 0 aliphatic carbocycles. The molecule has 1 atom stereocenters. The molecule has 1 fully saturated rings. The maximum absolute atomic E-state index is 13.1. The number of aromatic nitrogens is 4. The summed E-state index contributed by atoms with van der Waals surface area (Å²) < 4.78 is 12.6. The number of aryl methyl sites for hydroxylation is 1. The standard InChI is InChI=1S/C25H26N6O3/c1-16-22(17(2)31(28-16)19-7-5-4-6-8-19)23-25(32)26-13-14-30(23)15-21-27-24(29-34-21)18-9-11-20(33-3)12-10-18/h4-12,23H,13-15H2,1-3H3,(H,26,32). The van der Waals surface area contributed by atoms with Crippen LogP contribution in [-0.4, -0.2) is 50.9 Å². The van der Waals surface area contributed by atoms with Crippen LogP contribution in [0.3, 0.4) is 0 Å². The number of para-hydroxylation sites is 1. The summed E-state index contributed by atoms with van der Waals surface area (Å²) >= 11 is 0. The van der Waals surface area contributed by atoms with Gasteiger partial charge in [0.05, 0.1) is 25.0 Å². The normalized spacial score (nSPS) is 16.4. The largest absolute Gasteiger partial charge is 0.497 e. The highest BCUT2D eigenvalue weighted by Crippen LogP contribution is 2.31. The quantitative estimate of drug-likeness (QED) is 0.474. The molecule has 1 aliphatic heterocycles. The van der Waals surface area contributed by atoms with Crippen molar-refractivity contribution in [2.45, 2.75) is 26.4 Å². The van der Waals surface area contributed by atoms with Gasteiger partial charge in [0.25, 0.3) is 0 Å². The highest BCUT2D eigenvalue weighted by molar-refractivity contribution is 5.84. The third-order valence-corrected chi connectivity index (χ3v) is 6.09. The van der Waals surface area contributed by atoms with Gasteiger partial charge < -0.3 is 14.6 Å². The van der Waals surface area contributed by atoms with E-state index in [-0.39, 0.29) is 5.91 Å². The maximum atomic E-state index is 13.1. The molecule has 0 radical (unpaired) electrons. The first-order valence-electron chi connectivity index (χ1n) is 11.2. The molecule has 5 rings (SSSR count). The first-order chi connectivity index (χ1) is 16.5. The van der Waals surface area contributed by atoms with Gasteiger partial charge in [0, 0.05) is 29.9 Å². The summed E-state index contributed by atoms with van der Waals surface area (Å²) in [6.07, 6.45) is 0. The molecule has 4 aromatic rings. The van der Waals surface area contributed by atoms with Crippen LogP contribution in [-0.2, 0) is 11.3 Å². The van der Waals surface area contributed by atoms with Crippen molar-refractivity contribution in [3.63, 3.8) is 0 Å². The van der Waals surface area contributed by atoms with Crippen LogP contribution in [0.15, 0.2) is 59.1 Å². The molecule has 9 heteroatoms. The number of carbonyl (C=O) groups is 1. The molecule has 1 amide bonds. The second-order valence-electron chi connectivity index (χ2n) is 8.24. The van der Waals surface area contributed by atoms with Gasteiger partial charge in [-0.3, -0.25) is 9.69 Å². The van der Waals surface area contributed by atoms with Crippen LogP contribution in [0, 0.1) is 13.8 Å². The zero-order valence-electron chi connectivity index (χ0n) is 19.4. The van der Waals surface area contributed by atoms with E-state index in [0.29, 0.717) is 31.3 Å². The Hall–Kier alpha value is -3.98. The third-order valence-electron chi connectivity index (χ3n) is 6.09. The highest BCUT2D eigenvalue weighted by Gasteiger charge is 2.36. The first kappa shape index (κ1) is 21.8. The summed E-state index contributed by atoms with van der Waals surface area (Å²) in [7, 11) is 1.62. The van der Waals surface area contributed by atoms with Crippen molar-refractivity contribution in [2.75, 3.05) is 20.2 Å². The number of methoxy groups -OCH3 is 1. The molecule has 1 saturated heterocycles. The Balaban J connectivity index is 1.43. The van der Waals surface area contributed by atoms with Crippen molar-refractivity contribution in [3.05, 3.63) is 77.4 Å². The van der Waals surface area contributed by atoms with E-state index < -0.39 is 6.04 Å². The van der Waals surface area contributed by atoms with Crippen LogP contribution in [0.25, 0.3) is 17.1 Å². The predicted octanol–water partition coefficient (Wildman–Crippen LogP) is 3.22. The summed E-state index contributed by atoms with van der Waals surface area (Å²) in [4.78, 5) is 19.7. The lowest BCUT2D eigenvalue weighted by molar-refractivity contribution is -0.129. The average Bonchev–Trinajstić information content (AvgIpc) is 3.44. The molecular weight excluding hydrogens is 432 g/mol. The lowest BCUT2D eigenvalue weighted by Crippen LogP contribution is -2.49. The molecule has 2 aromatic carbocycles. The predicted molar refractivity (Wildman–Crippen MR) is 125 cm³/mol. The summed E-state index contributed by atoms with van der Waals surface area (Å²) in [5, 5.41) is 11.9. The van der Waals surface area contributed by atoms with Gasteiger partial charge in [0.15, 0.2) is 0 Å². The highest BCUT2D eigenvalue weighted by atomic mass is 16.5. The third kappa shape index (κ3) is 4.06. The SMILES string of the molecule is COc1ccc(-c2noc(CN3CCNC(=O)C3c3c(C)nn(-c4ccccc4)c3C)n2)cc1. The van der Waals surface area contributed by atoms with Gasteiger partial charge >= 0.3 is 0 Å². The van der Waals surface area contributed by atoms with E-state index in [0.717, 1.165) is 34.0 Å². The van der Waals surface area contributed by atoms with E-state index >= 15 is 0 Å². The number of ether oxygens (including phenoxy) is 1. The van der Waals surface area contributed by atoms with E-state index in [1.54, 1.807) is 7.11 Å². The minimum atomic E-state index is -0.498. The molecule has 9 nitrogen and oxygen atoms in total. The molecule has 0 saturated carbocycles. The number of hydrogen-bond donors (Lipinski definition) is 1. The number of benzene rings is 2. The molecule has 34 heavy (non-hydrogen) atoms. The molecule has 0 spiro atoms. The lowest BCUT2D eigenvalue weighted by atomic mass is 10.00. The van der Waals surface area contributed by atoms with Gasteiger partial charge in [0.2, 0.25) is 17.6 Å². The van der Waals surface area contributed by atoms with Crippen LogP contribution in [0.1, 0.15) is 28.9 Å². The smallest absolute Gasteiger partial charge is 0.242 e. The number of amides is 1. The Bertz CT molecular complexity index is 1300. The van der Waals surface area contributed by atoms with E-state index in [9.17, 15) is 4.79 Å². The van der Waals surface area contributed by atoms with E-state index in [4.69, 9.17) is 14.4 Å². The second-order valence-corrected chi connectivity index (χ2v) is 8.24. The Kier molecular flexibility index (Phi) is 5.85. The van der Waals surface area contributed by atoms with Crippen LogP contribution >= 0.6 is 0 Å². The maximum Gasteiger partial charge on any atom is 0.242 e. The Morgan fingerprint density at radius 1 is 1.12 bits per heavy atom. The average molecular weight is 459 g/mol. The number of nitrogens with one attached hydrogen (secondary N) is 1. The van der Waals surface area contributed by atoms with Gasteiger partial charge in [-0.15, -0.1) is 0 Å². The number of rotatable bonds is 6. The Morgan fingerprint density at radius 2 is 1.88 bits per heavy atom. The van der Waals surface area contributed by atoms with Crippen molar-refractivity contribution < 1.29 is 14.1 Å². The Morgan fingerprint density at radius 3 is 2.62 bits per heavy atom. The van der Waals surface area contributed by atoms with Gasteiger partial charge in [-0.05, 0) is 50.2 Å². The van der Waals surface area contributed by atoms with Crippen molar-refractivity contribution in [1.82, 2.24) is 30.1 Å². The van der Waals surface area contributed by atoms with Crippen LogP contribution in [0.2, 0.25) is 0 Å². The van der Waals surface area contributed by atoms with Crippen molar-refractivity contribution in [1.29, 1.82) is 0 Å². The van der Waals surface area contributed by atoms with Gasteiger partial charge in [0.1, 0.15) is 11.8 Å².